The second-order valence-electron chi connectivity index (χ2n) is 8.51. The van der Waals surface area contributed by atoms with Crippen molar-refractivity contribution in [3.63, 3.8) is 0 Å². The van der Waals surface area contributed by atoms with Crippen LogP contribution in [0.2, 0.25) is 0 Å². The average Bonchev–Trinajstić information content (AvgIpc) is 3.47. The third kappa shape index (κ3) is 5.45. The van der Waals surface area contributed by atoms with Crippen LogP contribution in [-0.2, 0) is 11.3 Å². The second kappa shape index (κ2) is 10.9. The number of aryl methyl sites for hydroxylation is 2. The number of carbonyl (C=O) groups is 2. The van der Waals surface area contributed by atoms with Gasteiger partial charge in [0.2, 0.25) is 5.91 Å². The second-order valence-corrected chi connectivity index (χ2v) is 9.45. The maximum atomic E-state index is 13.5. The average molecular weight is 494 g/mol. The number of thioether (sulfide) groups is 1. The molecular formula is C26H28FN5O2S. The Kier molecular flexibility index (Phi) is 7.65. The Labute approximate surface area is 208 Å². The van der Waals surface area contributed by atoms with Gasteiger partial charge in [-0.05, 0) is 56.0 Å². The number of hydrogen-bond donors (Lipinski definition) is 1. The number of rotatable bonds is 8. The lowest BCUT2D eigenvalue weighted by Crippen LogP contribution is -2.32. The molecule has 1 N–H and O–H groups in total. The van der Waals surface area contributed by atoms with Gasteiger partial charge in [0.15, 0.2) is 11.0 Å². The van der Waals surface area contributed by atoms with Crippen molar-refractivity contribution in [2.24, 2.45) is 0 Å². The summed E-state index contributed by atoms with van der Waals surface area (Å²) in [6, 6.07) is 11.7. The topological polar surface area (TPSA) is 80.1 Å². The van der Waals surface area contributed by atoms with Crippen LogP contribution in [-0.4, -0.2) is 43.8 Å². The minimum absolute atomic E-state index is 0.0159. The smallest absolute Gasteiger partial charge is 0.254 e. The number of allylic oxidation sites excluding steroid dienone is 1. The highest BCUT2D eigenvalue weighted by Gasteiger charge is 2.35. The molecule has 2 heterocycles. The fourth-order valence-electron chi connectivity index (χ4n) is 4.25. The first kappa shape index (κ1) is 24.7. The van der Waals surface area contributed by atoms with Gasteiger partial charge in [-0.3, -0.25) is 9.59 Å². The number of anilines is 1. The molecule has 35 heavy (non-hydrogen) atoms. The predicted octanol–water partition coefficient (Wildman–Crippen LogP) is 4.93. The van der Waals surface area contributed by atoms with E-state index < -0.39 is 5.82 Å². The number of carbonyl (C=O) groups excluding carboxylic acids is 2. The van der Waals surface area contributed by atoms with Gasteiger partial charge in [-0.1, -0.05) is 42.1 Å². The summed E-state index contributed by atoms with van der Waals surface area (Å²) in [6.07, 6.45) is 3.41. The van der Waals surface area contributed by atoms with E-state index in [1.165, 1.54) is 23.9 Å². The molecule has 4 rings (SSSR count). The first-order chi connectivity index (χ1) is 16.9. The van der Waals surface area contributed by atoms with Crippen molar-refractivity contribution in [2.45, 2.75) is 44.4 Å². The van der Waals surface area contributed by atoms with E-state index >= 15 is 0 Å². The highest BCUT2D eigenvalue weighted by atomic mass is 32.2. The normalized spacial score (nSPS) is 15.3. The molecule has 0 bridgehead atoms. The Balaban J connectivity index is 1.50. The molecular weight excluding hydrogens is 465 g/mol. The van der Waals surface area contributed by atoms with Gasteiger partial charge in [0, 0.05) is 24.3 Å². The zero-order chi connectivity index (χ0) is 24.9. The Morgan fingerprint density at radius 1 is 1.20 bits per heavy atom. The van der Waals surface area contributed by atoms with Crippen LogP contribution in [0.15, 0.2) is 60.3 Å². The van der Waals surface area contributed by atoms with Crippen LogP contribution in [0.1, 0.15) is 46.2 Å². The summed E-state index contributed by atoms with van der Waals surface area (Å²) in [5.41, 5.74) is 2.85. The summed E-state index contributed by atoms with van der Waals surface area (Å²) < 4.78 is 15.4. The summed E-state index contributed by atoms with van der Waals surface area (Å²) >= 11 is 1.24. The van der Waals surface area contributed by atoms with E-state index in [1.807, 2.05) is 40.7 Å². The SMILES string of the molecule is C=CCn1c(SCC(=O)Nc2cc(F)ccc2C)nnc1C1CCCN1C(=O)c1ccccc1C. The molecule has 1 fully saturated rings. The Bertz CT molecular complexity index is 1260. The zero-order valence-electron chi connectivity index (χ0n) is 19.8. The van der Waals surface area contributed by atoms with Crippen molar-refractivity contribution in [3.05, 3.63) is 83.5 Å². The maximum absolute atomic E-state index is 13.5. The van der Waals surface area contributed by atoms with Crippen LogP contribution >= 0.6 is 11.8 Å². The van der Waals surface area contributed by atoms with Gasteiger partial charge in [0.05, 0.1) is 11.8 Å². The first-order valence-corrected chi connectivity index (χ1v) is 12.5. The highest BCUT2D eigenvalue weighted by molar-refractivity contribution is 7.99. The Morgan fingerprint density at radius 3 is 2.77 bits per heavy atom. The van der Waals surface area contributed by atoms with Crippen molar-refractivity contribution in [3.8, 4) is 0 Å². The highest BCUT2D eigenvalue weighted by Crippen LogP contribution is 2.34. The first-order valence-electron chi connectivity index (χ1n) is 11.5. The standard InChI is InChI=1S/C26H28FN5O2S/c1-4-13-32-24(22-10-7-14-31(22)25(34)20-9-6-5-8-17(20)2)29-30-26(32)35-16-23(33)28-21-15-19(27)12-11-18(21)3/h4-6,8-9,11-12,15,22H,1,7,10,13-14,16H2,2-3H3,(H,28,33). The third-order valence-corrected chi connectivity index (χ3v) is 7.02. The number of nitrogens with zero attached hydrogens (tertiary/aromatic N) is 4. The number of aromatic nitrogens is 3. The van der Waals surface area contributed by atoms with Gasteiger partial charge in [-0.2, -0.15) is 0 Å². The number of nitrogens with one attached hydrogen (secondary N) is 1. The summed E-state index contributed by atoms with van der Waals surface area (Å²) in [5.74, 6) is 0.0822. The molecule has 2 amide bonds. The number of halogens is 1. The third-order valence-electron chi connectivity index (χ3n) is 6.05. The van der Waals surface area contributed by atoms with Gasteiger partial charge in [-0.15, -0.1) is 16.8 Å². The van der Waals surface area contributed by atoms with Crippen LogP contribution < -0.4 is 5.32 Å². The summed E-state index contributed by atoms with van der Waals surface area (Å²) in [5, 5.41) is 12.1. The van der Waals surface area contributed by atoms with E-state index in [0.717, 1.165) is 24.0 Å². The van der Waals surface area contributed by atoms with E-state index in [-0.39, 0.29) is 23.6 Å². The zero-order valence-corrected chi connectivity index (χ0v) is 20.6. The lowest BCUT2D eigenvalue weighted by atomic mass is 10.1. The summed E-state index contributed by atoms with van der Waals surface area (Å²) in [7, 11) is 0. The van der Waals surface area contributed by atoms with E-state index in [0.29, 0.717) is 35.3 Å². The van der Waals surface area contributed by atoms with Gasteiger partial charge < -0.3 is 14.8 Å². The van der Waals surface area contributed by atoms with Crippen LogP contribution in [0.4, 0.5) is 10.1 Å². The van der Waals surface area contributed by atoms with Crippen LogP contribution in [0.25, 0.3) is 0 Å². The predicted molar refractivity (Wildman–Crippen MR) is 135 cm³/mol. The molecule has 0 spiro atoms. The van der Waals surface area contributed by atoms with Crippen molar-refractivity contribution in [1.82, 2.24) is 19.7 Å². The number of hydrogen-bond acceptors (Lipinski definition) is 5. The molecule has 9 heteroatoms. The maximum Gasteiger partial charge on any atom is 0.254 e. The number of likely N-dealkylation sites (tertiary alicyclic amines) is 1. The Morgan fingerprint density at radius 2 is 2.00 bits per heavy atom. The molecule has 0 aliphatic carbocycles. The molecule has 7 nitrogen and oxygen atoms in total. The molecule has 0 saturated carbocycles. The summed E-state index contributed by atoms with van der Waals surface area (Å²) in [6.45, 7) is 8.69. The fraction of sp³-hybridized carbons (Fsp3) is 0.308. The van der Waals surface area contributed by atoms with E-state index in [2.05, 4.69) is 22.1 Å². The molecule has 0 radical (unpaired) electrons. The number of benzene rings is 2. The Hall–Kier alpha value is -3.46. The molecule has 1 aliphatic heterocycles. The monoisotopic (exact) mass is 493 g/mol. The van der Waals surface area contributed by atoms with Crippen molar-refractivity contribution >= 4 is 29.3 Å². The molecule has 1 saturated heterocycles. The number of amides is 2. The van der Waals surface area contributed by atoms with Crippen LogP contribution in [0.3, 0.4) is 0 Å². The molecule has 1 unspecified atom stereocenters. The van der Waals surface area contributed by atoms with Gasteiger partial charge in [0.25, 0.3) is 5.91 Å². The lowest BCUT2D eigenvalue weighted by Gasteiger charge is -2.25. The molecule has 182 valence electrons. The van der Waals surface area contributed by atoms with E-state index in [1.54, 1.807) is 19.1 Å². The van der Waals surface area contributed by atoms with Gasteiger partial charge in [0.1, 0.15) is 5.82 Å². The largest absolute Gasteiger partial charge is 0.328 e. The summed E-state index contributed by atoms with van der Waals surface area (Å²) in [4.78, 5) is 27.7. The molecule has 1 aliphatic rings. The molecule has 2 aromatic carbocycles. The fourth-order valence-corrected chi connectivity index (χ4v) is 5.00. The van der Waals surface area contributed by atoms with Crippen molar-refractivity contribution in [2.75, 3.05) is 17.6 Å². The minimum atomic E-state index is -0.407. The van der Waals surface area contributed by atoms with Gasteiger partial charge >= 0.3 is 0 Å². The van der Waals surface area contributed by atoms with E-state index in [9.17, 15) is 14.0 Å². The van der Waals surface area contributed by atoms with Gasteiger partial charge in [-0.25, -0.2) is 4.39 Å². The van der Waals surface area contributed by atoms with Crippen LogP contribution in [0, 0.1) is 19.7 Å². The quantitative estimate of drug-likeness (QED) is 0.356. The minimum Gasteiger partial charge on any atom is -0.328 e. The van der Waals surface area contributed by atoms with Crippen LogP contribution in [0.5, 0.6) is 0 Å². The van der Waals surface area contributed by atoms with Crippen molar-refractivity contribution < 1.29 is 14.0 Å². The lowest BCUT2D eigenvalue weighted by molar-refractivity contribution is -0.113. The molecule has 3 aromatic rings. The molecule has 1 atom stereocenters. The molecule has 1 aromatic heterocycles. The van der Waals surface area contributed by atoms with E-state index in [4.69, 9.17) is 0 Å². The van der Waals surface area contributed by atoms with Crippen molar-refractivity contribution in [1.29, 1.82) is 0 Å².